The average molecular weight is 1880 g/mol. The van der Waals surface area contributed by atoms with Crippen LogP contribution < -0.4 is 0 Å². The molecule has 0 saturated heterocycles. The van der Waals surface area contributed by atoms with E-state index in [1.807, 2.05) is 18.2 Å². The van der Waals surface area contributed by atoms with E-state index in [2.05, 4.69) is 519 Å². The molecule has 8 heteroatoms. The van der Waals surface area contributed by atoms with Gasteiger partial charge in [-0.3, -0.25) is 0 Å². The maximum absolute atomic E-state index is 6.68. The Hall–Kier alpha value is -19.8. The van der Waals surface area contributed by atoms with Gasteiger partial charge in [-0.1, -0.05) is 334 Å². The first kappa shape index (κ1) is 81.8. The third kappa shape index (κ3) is 12.2. The van der Waals surface area contributed by atoms with Crippen LogP contribution in [0.1, 0.15) is 0 Å². The fourth-order valence-corrected chi connectivity index (χ4v) is 25.2. The Balaban J connectivity index is 0.000000131. The molecule has 0 unspecified atom stereocenters. The van der Waals surface area contributed by atoms with E-state index in [4.69, 9.17) is 8.83 Å². The van der Waals surface area contributed by atoms with Gasteiger partial charge in [-0.15, -0.1) is 0 Å². The van der Waals surface area contributed by atoms with Crippen molar-refractivity contribution in [3.05, 3.63) is 510 Å². The van der Waals surface area contributed by atoms with Crippen LogP contribution >= 0.6 is 0 Å². The van der Waals surface area contributed by atoms with Gasteiger partial charge in [-0.05, 0) is 269 Å². The number of nitrogens with zero attached hydrogens (tertiary/aromatic N) is 6. The summed E-state index contributed by atoms with van der Waals surface area (Å²) in [7, 11) is 0. The van der Waals surface area contributed by atoms with Crippen molar-refractivity contribution in [2.75, 3.05) is 0 Å². The molecule has 686 valence electrons. The fourth-order valence-electron chi connectivity index (χ4n) is 25.2. The van der Waals surface area contributed by atoms with Crippen LogP contribution in [0.4, 0.5) is 0 Å². The molecule has 0 bridgehead atoms. The molecule has 0 saturated carbocycles. The first-order valence-corrected chi connectivity index (χ1v) is 50.9. The van der Waals surface area contributed by atoms with Crippen LogP contribution in [-0.4, -0.2) is 27.4 Å². The predicted octanol–water partition coefficient (Wildman–Crippen LogP) is 38.2. The maximum Gasteiger partial charge on any atom is 0.159 e. The molecule has 33 aromatic rings. The minimum atomic E-state index is 0.888. The van der Waals surface area contributed by atoms with E-state index in [1.165, 1.54) is 180 Å². The summed E-state index contributed by atoms with van der Waals surface area (Å²) >= 11 is 0. The highest BCUT2D eigenvalue weighted by Gasteiger charge is 2.27. The highest BCUT2D eigenvalue weighted by molar-refractivity contribution is 6.27. The summed E-state index contributed by atoms with van der Waals surface area (Å²) in [5, 5.41) is 31.7. The molecule has 148 heavy (non-hydrogen) atoms. The first-order valence-electron chi connectivity index (χ1n) is 50.9. The van der Waals surface area contributed by atoms with Crippen LogP contribution in [0.5, 0.6) is 0 Å². The monoisotopic (exact) mass is 1880 g/mol. The largest absolute Gasteiger partial charge is 0.456 e. The van der Waals surface area contributed by atoms with Crippen LogP contribution in [0.15, 0.2) is 518 Å². The number of fused-ring (bicyclic) bond motifs is 33. The lowest BCUT2D eigenvalue weighted by atomic mass is 9.94. The van der Waals surface area contributed by atoms with Crippen molar-refractivity contribution in [2.24, 2.45) is 0 Å². The third-order valence-electron chi connectivity index (χ3n) is 31.8. The smallest absolute Gasteiger partial charge is 0.159 e. The Labute approximate surface area is 846 Å². The van der Waals surface area contributed by atoms with E-state index in [0.29, 0.717) is 0 Å². The fraction of sp³-hybridized carbons (Fsp3) is 0. The van der Waals surface area contributed by atoms with E-state index in [1.54, 1.807) is 0 Å². The molecule has 0 N–H and O–H groups in total. The second-order valence-electron chi connectivity index (χ2n) is 39.6. The summed E-state index contributed by atoms with van der Waals surface area (Å²) in [5.74, 6) is 0. The van der Waals surface area contributed by atoms with E-state index in [0.717, 1.165) is 128 Å². The third-order valence-corrected chi connectivity index (χ3v) is 31.8. The number of benzene rings is 25. The van der Waals surface area contributed by atoms with Gasteiger partial charge in [-0.25, -0.2) is 0 Å². The highest BCUT2D eigenvalue weighted by atomic mass is 16.3. The van der Waals surface area contributed by atoms with E-state index in [-0.39, 0.29) is 0 Å². The molecule has 0 atom stereocenters. The molecule has 8 nitrogen and oxygen atoms in total. The second kappa shape index (κ2) is 31.9. The van der Waals surface area contributed by atoms with Crippen molar-refractivity contribution >= 4 is 229 Å². The number of rotatable bonds is 10. The van der Waals surface area contributed by atoms with Crippen molar-refractivity contribution in [2.45, 2.75) is 0 Å². The first-order chi connectivity index (χ1) is 73.4. The van der Waals surface area contributed by atoms with Gasteiger partial charge in [0, 0.05) is 114 Å². The lowest BCUT2D eigenvalue weighted by Gasteiger charge is -2.15. The van der Waals surface area contributed by atoms with Gasteiger partial charge in [0.05, 0.1) is 77.6 Å². The molecular formula is C140H84N6O2. The Morgan fingerprint density at radius 3 is 0.858 bits per heavy atom. The number of hydrogen-bond acceptors (Lipinski definition) is 2. The van der Waals surface area contributed by atoms with Gasteiger partial charge in [0.2, 0.25) is 0 Å². The summed E-state index contributed by atoms with van der Waals surface area (Å²) in [4.78, 5) is 0. The minimum absolute atomic E-state index is 0.888. The van der Waals surface area contributed by atoms with Crippen molar-refractivity contribution in [3.8, 4) is 78.6 Å². The number of aromatic nitrogens is 6. The van der Waals surface area contributed by atoms with Crippen molar-refractivity contribution in [1.29, 1.82) is 0 Å². The zero-order valence-corrected chi connectivity index (χ0v) is 80.0. The number of hydrogen-bond donors (Lipinski definition) is 0. The quantitative estimate of drug-likeness (QED) is 0.128. The van der Waals surface area contributed by atoms with Crippen LogP contribution in [0, 0.1) is 0 Å². The maximum atomic E-state index is 6.68. The zero-order valence-electron chi connectivity index (χ0n) is 80.0. The molecule has 25 aromatic carbocycles. The van der Waals surface area contributed by atoms with E-state index in [9.17, 15) is 0 Å². The Bertz CT molecular complexity index is 11500. The molecule has 8 aromatic heterocycles. The van der Waals surface area contributed by atoms with Crippen molar-refractivity contribution in [1.82, 2.24) is 27.4 Å². The second-order valence-corrected chi connectivity index (χ2v) is 39.6. The highest BCUT2D eigenvalue weighted by Crippen LogP contribution is 2.50. The lowest BCUT2D eigenvalue weighted by Crippen LogP contribution is -1.96. The standard InChI is InChI=1S/C72H43N3O.C68H41N3O/c1-2-14-48(15-3-1)73-65-23-11-8-20-56(65)58-32-26-46(40-69(58)73)44-28-35-67-62(38-44)63-39-45(29-36-68(63)74(67)49-30-34-55-53-18-5-4-16-51(53)52-17-6-7-19-54(52)61(55)42-49)47-27-33-59-57-21-9-12-24-66(57)75(70(59)41-47)50-31-37-72-64(43-50)60-22-10-13-25-71(60)76-72;1-2-16-47(17-3-1)69-59-25-11-8-21-51(59)53-33-29-44(39-64(53)69)42-31-35-61-57(37-42)58-38-43(32-36-62(58)70(61)66-41-46-15-4-5-18-48(46)49-19-6-7-20-50(49)66)45-30-34-54-52-22-9-12-26-60(52)71(65(54)40-45)63-27-14-24-56-55-23-10-13-28-67(55)72-68(56)63/h1-43H;1-41H. The summed E-state index contributed by atoms with van der Waals surface area (Å²) in [6.45, 7) is 0. The molecule has 0 spiro atoms. The zero-order chi connectivity index (χ0) is 96.6. The van der Waals surface area contributed by atoms with Gasteiger partial charge in [0.15, 0.2) is 5.58 Å². The number of furan rings is 2. The SMILES string of the molecule is c1ccc(-n2c3ccccc3c3ccc(-c4ccc5c(c4)c4cc(-c6ccc7c8ccccc8n(-c8ccc9oc%10ccccc%10c9c8)c7c6)ccc4n5-c4ccc5c6ccccc6c6ccccc6c5c4)cc32)cc1.c1ccc(-n2c3ccccc3c3ccc(-c4ccc5c(c4)c4cc(-c6ccc7c8ccccc8n(-c8cccc9c8oc8ccccc89)c7c6)ccc4n5-c4cc5ccccc5c5ccccc45)cc32)cc1. The lowest BCUT2D eigenvalue weighted by molar-refractivity contribution is 0.666. The molecule has 8 heterocycles. The molecule has 0 fully saturated rings. The van der Waals surface area contributed by atoms with Gasteiger partial charge in [-0.2, -0.15) is 0 Å². The van der Waals surface area contributed by atoms with Crippen LogP contribution in [0.3, 0.4) is 0 Å². The minimum Gasteiger partial charge on any atom is -0.456 e. The molecule has 0 aliphatic heterocycles. The topological polar surface area (TPSA) is 55.9 Å². The Morgan fingerprint density at radius 2 is 0.392 bits per heavy atom. The summed E-state index contributed by atoms with van der Waals surface area (Å²) < 4.78 is 27.6. The number of para-hydroxylation sites is 9. The van der Waals surface area contributed by atoms with Gasteiger partial charge in [0.25, 0.3) is 0 Å². The Kier molecular flexibility index (Phi) is 17.6. The van der Waals surface area contributed by atoms with Gasteiger partial charge >= 0.3 is 0 Å². The molecule has 0 aliphatic rings. The predicted molar refractivity (Wildman–Crippen MR) is 623 cm³/mol. The normalized spacial score (nSPS) is 12.2. The summed E-state index contributed by atoms with van der Waals surface area (Å²) in [6, 6.07) is 187. The summed E-state index contributed by atoms with van der Waals surface area (Å²) in [5.41, 5.74) is 33.7. The Morgan fingerprint density at radius 1 is 0.115 bits per heavy atom. The van der Waals surface area contributed by atoms with E-state index < -0.39 is 0 Å². The molecule has 33 rings (SSSR count). The van der Waals surface area contributed by atoms with Crippen LogP contribution in [0.2, 0.25) is 0 Å². The molecule has 0 aliphatic carbocycles. The molecule has 0 amide bonds. The van der Waals surface area contributed by atoms with Crippen molar-refractivity contribution in [3.63, 3.8) is 0 Å². The average Bonchev–Trinajstić information content (AvgIpc) is 1.55. The van der Waals surface area contributed by atoms with Gasteiger partial charge < -0.3 is 36.2 Å². The van der Waals surface area contributed by atoms with Crippen LogP contribution in [-0.2, 0) is 0 Å². The van der Waals surface area contributed by atoms with Crippen LogP contribution in [0.25, 0.3) is 307 Å². The van der Waals surface area contributed by atoms with Gasteiger partial charge in [0.1, 0.15) is 16.7 Å². The van der Waals surface area contributed by atoms with E-state index >= 15 is 0 Å². The van der Waals surface area contributed by atoms with Crippen molar-refractivity contribution < 1.29 is 8.83 Å². The molecule has 0 radical (unpaired) electrons. The summed E-state index contributed by atoms with van der Waals surface area (Å²) in [6.07, 6.45) is 0. The molecular weight excluding hydrogens is 1800 g/mol.